The number of carboxylic acids is 1. The van der Waals surface area contributed by atoms with E-state index in [0.717, 1.165) is 24.9 Å². The topological polar surface area (TPSA) is 91.2 Å². The molecule has 0 amide bonds. The van der Waals surface area contributed by atoms with Crippen molar-refractivity contribution in [1.29, 1.82) is 0 Å². The molecule has 7 nitrogen and oxygen atoms in total. The summed E-state index contributed by atoms with van der Waals surface area (Å²) in [5.74, 6) is -1.01. The number of hydrogen-bond donors (Lipinski definition) is 2. The van der Waals surface area contributed by atoms with Crippen molar-refractivity contribution in [2.45, 2.75) is 37.5 Å². The van der Waals surface area contributed by atoms with Gasteiger partial charge in [0.15, 0.2) is 5.16 Å². The third-order valence-electron chi connectivity index (χ3n) is 3.26. The molecule has 106 valence electrons. The lowest BCUT2D eigenvalue weighted by Crippen LogP contribution is -2.36. The number of thioether (sulfide) groups is 1. The van der Waals surface area contributed by atoms with Crippen LogP contribution in [0.2, 0.25) is 0 Å². The van der Waals surface area contributed by atoms with Crippen molar-refractivity contribution in [2.24, 2.45) is 0 Å². The van der Waals surface area contributed by atoms with Gasteiger partial charge in [-0.2, -0.15) is 0 Å². The van der Waals surface area contributed by atoms with E-state index in [4.69, 9.17) is 5.11 Å². The SMILES string of the molecule is CC(Cn1c(SCC(=O)O)n[nH]c1=O)N1CCCC1. The molecule has 2 heterocycles. The van der Waals surface area contributed by atoms with Crippen LogP contribution in [-0.2, 0) is 11.3 Å². The van der Waals surface area contributed by atoms with Crippen LogP contribution in [0.3, 0.4) is 0 Å². The van der Waals surface area contributed by atoms with Gasteiger partial charge in [0.1, 0.15) is 0 Å². The van der Waals surface area contributed by atoms with E-state index in [1.54, 1.807) is 0 Å². The zero-order valence-corrected chi connectivity index (χ0v) is 11.7. The molecule has 1 aliphatic rings. The minimum absolute atomic E-state index is 0.0949. The predicted octanol–water partition coefficient (Wildman–Crippen LogP) is 0.232. The Bertz CT molecular complexity index is 492. The second-order valence-corrected chi connectivity index (χ2v) is 5.64. The van der Waals surface area contributed by atoms with Crippen molar-refractivity contribution in [1.82, 2.24) is 19.7 Å². The Morgan fingerprint density at radius 2 is 2.21 bits per heavy atom. The Kier molecular flexibility index (Phi) is 4.65. The molecular weight excluding hydrogens is 268 g/mol. The number of carboxylic acid groups (broad SMARTS) is 1. The van der Waals surface area contributed by atoms with Gasteiger partial charge in [-0.1, -0.05) is 11.8 Å². The average Bonchev–Trinajstić information content (AvgIpc) is 2.99. The molecule has 0 radical (unpaired) electrons. The molecule has 2 rings (SSSR count). The summed E-state index contributed by atoms with van der Waals surface area (Å²) in [6.45, 7) is 4.74. The first kappa shape index (κ1) is 14.1. The quantitative estimate of drug-likeness (QED) is 0.728. The minimum Gasteiger partial charge on any atom is -0.481 e. The number of rotatable bonds is 6. The van der Waals surface area contributed by atoms with Crippen LogP contribution in [0.15, 0.2) is 9.95 Å². The van der Waals surface area contributed by atoms with Crippen molar-refractivity contribution < 1.29 is 9.90 Å². The van der Waals surface area contributed by atoms with Gasteiger partial charge in [0, 0.05) is 12.6 Å². The van der Waals surface area contributed by atoms with Crippen molar-refractivity contribution in [3.63, 3.8) is 0 Å². The maximum absolute atomic E-state index is 11.7. The Hall–Kier alpha value is -1.28. The first-order valence-electron chi connectivity index (χ1n) is 6.32. The molecule has 2 N–H and O–H groups in total. The fourth-order valence-corrected chi connectivity index (χ4v) is 2.94. The number of nitrogens with one attached hydrogen (secondary N) is 1. The monoisotopic (exact) mass is 286 g/mol. The normalized spacial score (nSPS) is 17.7. The summed E-state index contributed by atoms with van der Waals surface area (Å²) < 4.78 is 1.52. The molecule has 1 aromatic rings. The van der Waals surface area contributed by atoms with Crippen molar-refractivity contribution in [3.8, 4) is 0 Å². The summed E-state index contributed by atoms with van der Waals surface area (Å²) in [7, 11) is 0. The Morgan fingerprint density at radius 1 is 1.53 bits per heavy atom. The molecule has 8 heteroatoms. The van der Waals surface area contributed by atoms with Crippen molar-refractivity contribution in [3.05, 3.63) is 10.5 Å². The first-order valence-corrected chi connectivity index (χ1v) is 7.30. The van der Waals surface area contributed by atoms with Crippen LogP contribution in [0.4, 0.5) is 0 Å². The largest absolute Gasteiger partial charge is 0.481 e. The van der Waals surface area contributed by atoms with E-state index in [2.05, 4.69) is 22.0 Å². The highest BCUT2D eigenvalue weighted by Gasteiger charge is 2.20. The van der Waals surface area contributed by atoms with Gasteiger partial charge in [0.25, 0.3) is 0 Å². The van der Waals surface area contributed by atoms with Gasteiger partial charge >= 0.3 is 11.7 Å². The maximum atomic E-state index is 11.7. The summed E-state index contributed by atoms with van der Waals surface area (Å²) in [6, 6.07) is 0.252. The number of H-pyrrole nitrogens is 1. The summed E-state index contributed by atoms with van der Waals surface area (Å²) in [6.07, 6.45) is 2.40. The summed E-state index contributed by atoms with van der Waals surface area (Å²) >= 11 is 1.06. The van der Waals surface area contributed by atoms with Gasteiger partial charge in [-0.15, -0.1) is 5.10 Å². The second-order valence-electron chi connectivity index (χ2n) is 4.70. The van der Waals surface area contributed by atoms with Crippen molar-refractivity contribution in [2.75, 3.05) is 18.8 Å². The van der Waals surface area contributed by atoms with Crippen LogP contribution >= 0.6 is 11.8 Å². The number of aromatic amines is 1. The first-order chi connectivity index (χ1) is 9.08. The molecule has 1 aliphatic heterocycles. The molecule has 0 spiro atoms. The zero-order valence-electron chi connectivity index (χ0n) is 10.8. The molecule has 0 aromatic carbocycles. The van der Waals surface area contributed by atoms with Crippen molar-refractivity contribution >= 4 is 17.7 Å². The zero-order chi connectivity index (χ0) is 13.8. The molecular formula is C11H18N4O3S. The Morgan fingerprint density at radius 3 is 2.84 bits per heavy atom. The van der Waals surface area contributed by atoms with Crippen LogP contribution in [0.5, 0.6) is 0 Å². The van der Waals surface area contributed by atoms with Crippen LogP contribution in [0.25, 0.3) is 0 Å². The van der Waals surface area contributed by atoms with Crippen LogP contribution in [0.1, 0.15) is 19.8 Å². The van der Waals surface area contributed by atoms with Gasteiger partial charge in [0.2, 0.25) is 0 Å². The Labute approximate surface area is 115 Å². The third-order valence-corrected chi connectivity index (χ3v) is 4.22. The summed E-state index contributed by atoms with van der Waals surface area (Å²) in [5, 5.41) is 15.4. The van der Waals surface area contributed by atoms with E-state index in [1.165, 1.54) is 17.4 Å². The maximum Gasteiger partial charge on any atom is 0.344 e. The van der Waals surface area contributed by atoms with Gasteiger partial charge in [-0.3, -0.25) is 14.3 Å². The molecule has 1 aromatic heterocycles. The lowest BCUT2D eigenvalue weighted by Gasteiger charge is -2.23. The average molecular weight is 286 g/mol. The fourth-order valence-electron chi connectivity index (χ4n) is 2.26. The highest BCUT2D eigenvalue weighted by atomic mass is 32.2. The van der Waals surface area contributed by atoms with E-state index in [-0.39, 0.29) is 17.5 Å². The van der Waals surface area contributed by atoms with Crippen LogP contribution < -0.4 is 5.69 Å². The molecule has 1 fully saturated rings. The fraction of sp³-hybridized carbons (Fsp3) is 0.727. The predicted molar refractivity (Wildman–Crippen MR) is 71.5 cm³/mol. The molecule has 1 saturated heterocycles. The third kappa shape index (κ3) is 3.60. The molecule has 0 aliphatic carbocycles. The van der Waals surface area contributed by atoms with E-state index in [9.17, 15) is 9.59 Å². The van der Waals surface area contributed by atoms with Gasteiger partial charge in [0.05, 0.1) is 5.75 Å². The molecule has 1 unspecified atom stereocenters. The minimum atomic E-state index is -0.917. The van der Waals surface area contributed by atoms with E-state index in [0.29, 0.717) is 11.7 Å². The number of aliphatic carboxylic acids is 1. The lowest BCUT2D eigenvalue weighted by atomic mass is 10.3. The van der Waals surface area contributed by atoms with Gasteiger partial charge < -0.3 is 5.11 Å². The standard InChI is InChI=1S/C11H18N4O3S/c1-8(14-4-2-3-5-14)6-15-10(18)12-13-11(15)19-7-9(16)17/h8H,2-7H2,1H3,(H,12,18)(H,16,17). The van der Waals surface area contributed by atoms with E-state index >= 15 is 0 Å². The Balaban J connectivity index is 2.03. The molecule has 0 bridgehead atoms. The number of nitrogens with zero attached hydrogens (tertiary/aromatic N) is 3. The number of aromatic nitrogens is 3. The van der Waals surface area contributed by atoms with Crippen LogP contribution in [-0.4, -0.2) is 55.6 Å². The molecule has 1 atom stereocenters. The summed E-state index contributed by atoms with van der Waals surface area (Å²) in [4.78, 5) is 24.6. The smallest absolute Gasteiger partial charge is 0.344 e. The number of hydrogen-bond acceptors (Lipinski definition) is 5. The molecule has 19 heavy (non-hydrogen) atoms. The highest BCUT2D eigenvalue weighted by molar-refractivity contribution is 7.99. The van der Waals surface area contributed by atoms with Gasteiger partial charge in [-0.05, 0) is 32.9 Å². The van der Waals surface area contributed by atoms with E-state index < -0.39 is 5.97 Å². The highest BCUT2D eigenvalue weighted by Crippen LogP contribution is 2.16. The number of carbonyl (C=O) groups is 1. The van der Waals surface area contributed by atoms with E-state index in [1.807, 2.05) is 0 Å². The summed E-state index contributed by atoms with van der Waals surface area (Å²) in [5.41, 5.74) is -0.279. The van der Waals surface area contributed by atoms with Crippen LogP contribution in [0, 0.1) is 0 Å². The molecule has 0 saturated carbocycles. The second kappa shape index (κ2) is 6.25. The van der Waals surface area contributed by atoms with Gasteiger partial charge in [-0.25, -0.2) is 9.89 Å². The lowest BCUT2D eigenvalue weighted by molar-refractivity contribution is -0.133. The number of likely N-dealkylation sites (tertiary alicyclic amines) is 1.